The van der Waals surface area contributed by atoms with E-state index < -0.39 is 6.36 Å². The van der Waals surface area contributed by atoms with Gasteiger partial charge in [0.1, 0.15) is 5.75 Å². The van der Waals surface area contributed by atoms with Crippen LogP contribution in [0.15, 0.2) is 24.3 Å². The lowest BCUT2D eigenvalue weighted by Gasteiger charge is -2.37. The van der Waals surface area contributed by atoms with Crippen molar-refractivity contribution < 1.29 is 27.5 Å². The first kappa shape index (κ1) is 24.3. The maximum atomic E-state index is 12.4. The topological polar surface area (TPSA) is 73.9 Å². The number of hydrogen-bond acceptors (Lipinski definition) is 5. The fourth-order valence-corrected chi connectivity index (χ4v) is 4.49. The molecule has 7 nitrogen and oxygen atoms in total. The van der Waals surface area contributed by atoms with E-state index in [0.717, 1.165) is 5.56 Å². The number of piperazine rings is 1. The number of nitrogens with one attached hydrogen (secondary N) is 2. The Kier molecular flexibility index (Phi) is 8.00. The molecule has 2 heterocycles. The molecular formula is C22H31F3N4O3. The Morgan fingerprint density at radius 2 is 1.94 bits per heavy atom. The fourth-order valence-electron chi connectivity index (χ4n) is 4.49. The zero-order valence-electron chi connectivity index (χ0n) is 18.5. The predicted molar refractivity (Wildman–Crippen MR) is 113 cm³/mol. The van der Waals surface area contributed by atoms with Gasteiger partial charge in [-0.2, -0.15) is 0 Å². The molecule has 0 saturated carbocycles. The van der Waals surface area contributed by atoms with Gasteiger partial charge >= 0.3 is 6.36 Å². The largest absolute Gasteiger partial charge is 0.573 e. The lowest BCUT2D eigenvalue weighted by molar-refractivity contribution is -0.274. The summed E-state index contributed by atoms with van der Waals surface area (Å²) < 4.78 is 40.7. The first-order valence-electron chi connectivity index (χ1n) is 11.1. The Labute approximate surface area is 186 Å². The molecule has 2 aliphatic rings. The second-order valence-electron chi connectivity index (χ2n) is 8.22. The molecule has 0 spiro atoms. The van der Waals surface area contributed by atoms with Crippen molar-refractivity contribution in [3.8, 4) is 5.75 Å². The van der Waals surface area contributed by atoms with Gasteiger partial charge in [-0.15, -0.1) is 13.2 Å². The summed E-state index contributed by atoms with van der Waals surface area (Å²) in [5, 5.41) is 6.37. The summed E-state index contributed by atoms with van der Waals surface area (Å²) in [5.41, 5.74) is 0.829. The molecule has 2 amide bonds. The monoisotopic (exact) mass is 456 g/mol. The summed E-state index contributed by atoms with van der Waals surface area (Å²) >= 11 is 0. The van der Waals surface area contributed by atoms with Gasteiger partial charge in [-0.25, -0.2) is 0 Å². The minimum Gasteiger partial charge on any atom is -0.406 e. The van der Waals surface area contributed by atoms with E-state index >= 15 is 0 Å². The smallest absolute Gasteiger partial charge is 0.406 e. The molecule has 2 N–H and O–H groups in total. The van der Waals surface area contributed by atoms with Crippen LogP contribution in [-0.2, 0) is 16.1 Å². The van der Waals surface area contributed by atoms with Crippen molar-refractivity contribution in [3.63, 3.8) is 0 Å². The number of benzene rings is 1. The number of carbonyl (C=O) groups excluding carboxylic acids is 2. The number of carbonyl (C=O) groups is 2. The molecule has 178 valence electrons. The molecule has 32 heavy (non-hydrogen) atoms. The molecule has 0 radical (unpaired) electrons. The van der Waals surface area contributed by atoms with E-state index in [-0.39, 0.29) is 35.7 Å². The van der Waals surface area contributed by atoms with Gasteiger partial charge in [0.05, 0.1) is 6.04 Å². The first-order valence-corrected chi connectivity index (χ1v) is 11.1. The molecule has 0 unspecified atom stereocenters. The van der Waals surface area contributed by atoms with Crippen LogP contribution in [0, 0.1) is 0 Å². The number of nitrogens with zero attached hydrogens (tertiary/aromatic N) is 2. The summed E-state index contributed by atoms with van der Waals surface area (Å²) in [6, 6.07) is 5.73. The Bertz CT molecular complexity index is 784. The lowest BCUT2D eigenvalue weighted by Crippen LogP contribution is -2.58. The molecule has 2 fully saturated rings. The van der Waals surface area contributed by atoms with Crippen molar-refractivity contribution >= 4 is 11.8 Å². The SMILES string of the molecule is CCN(CC)C(=O)CC[C@H]1CNC(=O)[C@H]2C[C@H](NCc3ccc(OC(F)(F)F)cc3)CN12. The highest BCUT2D eigenvalue weighted by Gasteiger charge is 2.43. The van der Waals surface area contributed by atoms with Crippen molar-refractivity contribution in [1.82, 2.24) is 20.4 Å². The number of halogens is 3. The minimum atomic E-state index is -4.71. The van der Waals surface area contributed by atoms with Crippen molar-refractivity contribution in [2.75, 3.05) is 26.2 Å². The van der Waals surface area contributed by atoms with Crippen LogP contribution >= 0.6 is 0 Å². The average molecular weight is 457 g/mol. The molecule has 3 rings (SSSR count). The van der Waals surface area contributed by atoms with Crippen LogP contribution in [-0.4, -0.2) is 72.3 Å². The maximum absolute atomic E-state index is 12.4. The summed E-state index contributed by atoms with van der Waals surface area (Å²) in [4.78, 5) is 28.7. The maximum Gasteiger partial charge on any atom is 0.573 e. The summed E-state index contributed by atoms with van der Waals surface area (Å²) in [5.74, 6) is -0.109. The molecule has 2 saturated heterocycles. The van der Waals surface area contributed by atoms with Gasteiger partial charge in [0.2, 0.25) is 11.8 Å². The van der Waals surface area contributed by atoms with Gasteiger partial charge in [-0.1, -0.05) is 12.1 Å². The summed E-state index contributed by atoms with van der Waals surface area (Å²) in [6.07, 6.45) is -2.90. The van der Waals surface area contributed by atoms with Gasteiger partial charge in [0.15, 0.2) is 0 Å². The van der Waals surface area contributed by atoms with Gasteiger partial charge in [-0.3, -0.25) is 14.5 Å². The van der Waals surface area contributed by atoms with E-state index in [9.17, 15) is 22.8 Å². The van der Waals surface area contributed by atoms with Crippen LogP contribution < -0.4 is 15.4 Å². The van der Waals surface area contributed by atoms with Crippen molar-refractivity contribution in [1.29, 1.82) is 0 Å². The molecule has 1 aromatic rings. The van der Waals surface area contributed by atoms with E-state index in [1.807, 2.05) is 18.7 Å². The molecule has 3 atom stereocenters. The van der Waals surface area contributed by atoms with Gasteiger partial charge < -0.3 is 20.3 Å². The molecule has 0 aromatic heterocycles. The van der Waals surface area contributed by atoms with E-state index in [2.05, 4.69) is 20.3 Å². The highest BCUT2D eigenvalue weighted by Crippen LogP contribution is 2.27. The third kappa shape index (κ3) is 6.35. The van der Waals surface area contributed by atoms with Crippen LogP contribution in [0.5, 0.6) is 5.75 Å². The summed E-state index contributed by atoms with van der Waals surface area (Å²) in [6.45, 7) is 7.02. The first-order chi connectivity index (χ1) is 15.2. The van der Waals surface area contributed by atoms with Gasteiger partial charge in [0, 0.05) is 51.2 Å². The number of rotatable bonds is 9. The predicted octanol–water partition coefficient (Wildman–Crippen LogP) is 2.26. The second-order valence-corrected chi connectivity index (χ2v) is 8.22. The zero-order chi connectivity index (χ0) is 23.3. The van der Waals surface area contributed by atoms with Crippen molar-refractivity contribution in [3.05, 3.63) is 29.8 Å². The van der Waals surface area contributed by atoms with E-state index in [0.29, 0.717) is 52.0 Å². The normalized spacial score (nSPS) is 23.5. The van der Waals surface area contributed by atoms with E-state index in [1.165, 1.54) is 12.1 Å². The molecule has 1 aromatic carbocycles. The number of alkyl halides is 3. The third-order valence-corrected chi connectivity index (χ3v) is 6.18. The number of fused-ring (bicyclic) bond motifs is 1. The average Bonchev–Trinajstić information content (AvgIpc) is 3.18. The lowest BCUT2D eigenvalue weighted by atomic mass is 10.0. The molecule has 10 heteroatoms. The Hall–Kier alpha value is -2.33. The Balaban J connectivity index is 1.52. The van der Waals surface area contributed by atoms with Gasteiger partial charge in [-0.05, 0) is 44.4 Å². The van der Waals surface area contributed by atoms with Crippen molar-refractivity contribution in [2.24, 2.45) is 0 Å². The quantitative estimate of drug-likeness (QED) is 0.597. The standard InChI is InChI=1S/C22H31F3N4O3/c1-3-28(4-2)20(30)10-7-17-13-27-21(31)19-11-16(14-29(17)19)26-12-15-5-8-18(9-6-15)32-22(23,24)25/h5-6,8-9,16-17,19,26H,3-4,7,10-14H2,1-2H3,(H,27,31)/t16-,17-,19+/m0/s1. The van der Waals surface area contributed by atoms with Crippen LogP contribution in [0.4, 0.5) is 13.2 Å². The third-order valence-electron chi connectivity index (χ3n) is 6.18. The van der Waals surface area contributed by atoms with Gasteiger partial charge in [0.25, 0.3) is 0 Å². The van der Waals surface area contributed by atoms with Crippen LogP contribution in [0.1, 0.15) is 38.7 Å². The zero-order valence-corrected chi connectivity index (χ0v) is 18.5. The second kappa shape index (κ2) is 10.5. The number of hydrogen-bond donors (Lipinski definition) is 2. The van der Waals surface area contributed by atoms with Crippen LogP contribution in [0.3, 0.4) is 0 Å². The number of amides is 2. The van der Waals surface area contributed by atoms with Crippen LogP contribution in [0.25, 0.3) is 0 Å². The highest BCUT2D eigenvalue weighted by atomic mass is 19.4. The Morgan fingerprint density at radius 3 is 2.56 bits per heavy atom. The van der Waals surface area contributed by atoms with E-state index in [1.54, 1.807) is 12.1 Å². The Morgan fingerprint density at radius 1 is 1.25 bits per heavy atom. The molecule has 0 bridgehead atoms. The van der Waals surface area contributed by atoms with E-state index in [4.69, 9.17) is 0 Å². The van der Waals surface area contributed by atoms with Crippen LogP contribution in [0.2, 0.25) is 0 Å². The highest BCUT2D eigenvalue weighted by molar-refractivity contribution is 5.83. The molecule has 2 aliphatic heterocycles. The minimum absolute atomic E-state index is 0.00859. The number of ether oxygens (including phenoxy) is 1. The molecular weight excluding hydrogens is 425 g/mol. The van der Waals surface area contributed by atoms with Crippen molar-refractivity contribution in [2.45, 2.75) is 64.1 Å². The summed E-state index contributed by atoms with van der Waals surface area (Å²) in [7, 11) is 0. The molecule has 0 aliphatic carbocycles. The fraction of sp³-hybridized carbons (Fsp3) is 0.636.